The summed E-state index contributed by atoms with van der Waals surface area (Å²) in [6.07, 6.45) is -0.740. The number of nitrogens with zero attached hydrogens (tertiary/aromatic N) is 2. The number of carbonyl (C=O) groups is 2. The number of hydrogen-bond donors (Lipinski definition) is 0. The van der Waals surface area contributed by atoms with E-state index in [0.29, 0.717) is 30.3 Å². The standard InChI is InChI=1S/C20H20N2O5/c1-25-15-6-4-5-14(11-15)22-10-9-21(12-19(22)23)20(24)18-13-26-16-7-2-3-8-17(16)27-18/h2-8,11,18H,9-10,12-13H2,1H3/t18-/m0/s1. The average molecular weight is 368 g/mol. The maximum absolute atomic E-state index is 12.8. The van der Waals surface area contributed by atoms with Gasteiger partial charge in [-0.3, -0.25) is 9.59 Å². The summed E-state index contributed by atoms with van der Waals surface area (Å²) in [6, 6.07) is 14.6. The van der Waals surface area contributed by atoms with E-state index in [4.69, 9.17) is 14.2 Å². The van der Waals surface area contributed by atoms with Gasteiger partial charge in [-0.2, -0.15) is 0 Å². The quantitative estimate of drug-likeness (QED) is 0.825. The molecule has 27 heavy (non-hydrogen) atoms. The van der Waals surface area contributed by atoms with Crippen LogP contribution in [0.2, 0.25) is 0 Å². The number of carbonyl (C=O) groups excluding carboxylic acids is 2. The number of benzene rings is 2. The van der Waals surface area contributed by atoms with Crippen LogP contribution >= 0.6 is 0 Å². The number of fused-ring (bicyclic) bond motifs is 1. The third kappa shape index (κ3) is 3.40. The molecule has 0 spiro atoms. The van der Waals surface area contributed by atoms with Crippen LogP contribution in [0.3, 0.4) is 0 Å². The van der Waals surface area contributed by atoms with Crippen LogP contribution in [0.4, 0.5) is 5.69 Å². The van der Waals surface area contributed by atoms with Gasteiger partial charge in [0.15, 0.2) is 11.5 Å². The molecule has 2 heterocycles. The number of amides is 2. The summed E-state index contributed by atoms with van der Waals surface area (Å²) in [4.78, 5) is 28.6. The van der Waals surface area contributed by atoms with Crippen LogP contribution in [0.5, 0.6) is 17.2 Å². The Morgan fingerprint density at radius 1 is 1.11 bits per heavy atom. The molecule has 1 saturated heterocycles. The molecule has 1 fully saturated rings. The van der Waals surface area contributed by atoms with E-state index in [2.05, 4.69) is 0 Å². The highest BCUT2D eigenvalue weighted by molar-refractivity contribution is 5.98. The molecule has 1 atom stereocenters. The third-order valence-electron chi connectivity index (χ3n) is 4.68. The first-order chi connectivity index (χ1) is 13.2. The van der Waals surface area contributed by atoms with Crippen LogP contribution in [0, 0.1) is 0 Å². The topological polar surface area (TPSA) is 68.3 Å². The molecule has 4 rings (SSSR count). The van der Waals surface area contributed by atoms with Crippen molar-refractivity contribution in [1.29, 1.82) is 0 Å². The second-order valence-corrected chi connectivity index (χ2v) is 6.37. The molecule has 0 radical (unpaired) electrons. The Morgan fingerprint density at radius 2 is 1.93 bits per heavy atom. The molecule has 2 amide bonds. The molecule has 7 nitrogen and oxygen atoms in total. The van der Waals surface area contributed by atoms with E-state index in [1.807, 2.05) is 36.4 Å². The average Bonchev–Trinajstić information content (AvgIpc) is 2.72. The normalized spacial score (nSPS) is 19.0. The molecule has 2 aliphatic rings. The number of piperazine rings is 1. The Kier molecular flexibility index (Phi) is 4.58. The van der Waals surface area contributed by atoms with Gasteiger partial charge in [-0.1, -0.05) is 18.2 Å². The van der Waals surface area contributed by atoms with Crippen molar-refractivity contribution >= 4 is 17.5 Å². The predicted molar refractivity (Wildman–Crippen MR) is 98.3 cm³/mol. The van der Waals surface area contributed by atoms with Crippen molar-refractivity contribution in [3.05, 3.63) is 48.5 Å². The highest BCUT2D eigenvalue weighted by Crippen LogP contribution is 2.31. The van der Waals surface area contributed by atoms with E-state index in [1.165, 1.54) is 4.90 Å². The molecular formula is C20H20N2O5. The molecule has 0 aromatic heterocycles. The predicted octanol–water partition coefficient (Wildman–Crippen LogP) is 1.71. The van der Waals surface area contributed by atoms with Gasteiger partial charge >= 0.3 is 0 Å². The minimum Gasteiger partial charge on any atom is -0.497 e. The summed E-state index contributed by atoms with van der Waals surface area (Å²) in [7, 11) is 1.59. The van der Waals surface area contributed by atoms with Gasteiger partial charge in [-0.05, 0) is 24.3 Å². The van der Waals surface area contributed by atoms with Gasteiger partial charge in [0.1, 0.15) is 18.9 Å². The first kappa shape index (κ1) is 17.2. The molecule has 2 aromatic rings. The minimum atomic E-state index is -0.740. The van der Waals surface area contributed by atoms with E-state index in [0.717, 1.165) is 5.69 Å². The molecule has 140 valence electrons. The molecule has 7 heteroatoms. The zero-order valence-corrected chi connectivity index (χ0v) is 15.0. The molecule has 0 unspecified atom stereocenters. The van der Waals surface area contributed by atoms with Crippen LogP contribution in [0.1, 0.15) is 0 Å². The minimum absolute atomic E-state index is 0.0115. The van der Waals surface area contributed by atoms with E-state index < -0.39 is 6.10 Å². The lowest BCUT2D eigenvalue weighted by atomic mass is 10.2. The van der Waals surface area contributed by atoms with Crippen molar-refractivity contribution in [2.24, 2.45) is 0 Å². The fourth-order valence-corrected chi connectivity index (χ4v) is 3.26. The zero-order valence-electron chi connectivity index (χ0n) is 15.0. The molecular weight excluding hydrogens is 348 g/mol. The van der Waals surface area contributed by atoms with Crippen molar-refractivity contribution in [2.45, 2.75) is 6.10 Å². The molecule has 0 bridgehead atoms. The summed E-state index contributed by atoms with van der Waals surface area (Å²) >= 11 is 0. The van der Waals surface area contributed by atoms with Crippen molar-refractivity contribution in [2.75, 3.05) is 38.3 Å². The van der Waals surface area contributed by atoms with E-state index >= 15 is 0 Å². The Bertz CT molecular complexity index is 869. The Hall–Kier alpha value is -3.22. The zero-order chi connectivity index (χ0) is 18.8. The van der Waals surface area contributed by atoms with Gasteiger partial charge in [-0.15, -0.1) is 0 Å². The van der Waals surface area contributed by atoms with Gasteiger partial charge < -0.3 is 24.0 Å². The number of hydrogen-bond acceptors (Lipinski definition) is 5. The summed E-state index contributed by atoms with van der Waals surface area (Å²) < 4.78 is 16.6. The lowest BCUT2D eigenvalue weighted by Gasteiger charge is -2.36. The van der Waals surface area contributed by atoms with E-state index in [9.17, 15) is 9.59 Å². The lowest BCUT2D eigenvalue weighted by Crippen LogP contribution is -2.56. The molecule has 2 aromatic carbocycles. The van der Waals surface area contributed by atoms with Crippen molar-refractivity contribution in [3.8, 4) is 17.2 Å². The summed E-state index contributed by atoms with van der Waals surface area (Å²) in [5.74, 6) is 1.48. The Morgan fingerprint density at radius 3 is 2.70 bits per heavy atom. The van der Waals surface area contributed by atoms with Crippen molar-refractivity contribution in [1.82, 2.24) is 4.90 Å². The number of ether oxygens (including phenoxy) is 3. The number of rotatable bonds is 3. The maximum atomic E-state index is 12.8. The monoisotopic (exact) mass is 368 g/mol. The van der Waals surface area contributed by atoms with E-state index in [1.54, 1.807) is 24.1 Å². The van der Waals surface area contributed by atoms with Gasteiger partial charge in [0.25, 0.3) is 5.91 Å². The smallest absolute Gasteiger partial charge is 0.267 e. The highest BCUT2D eigenvalue weighted by atomic mass is 16.6. The second-order valence-electron chi connectivity index (χ2n) is 6.37. The highest BCUT2D eigenvalue weighted by Gasteiger charge is 2.35. The lowest BCUT2D eigenvalue weighted by molar-refractivity contribution is -0.145. The Balaban J connectivity index is 1.42. The van der Waals surface area contributed by atoms with Crippen LogP contribution in [-0.4, -0.2) is 56.2 Å². The third-order valence-corrected chi connectivity index (χ3v) is 4.68. The number of anilines is 1. The van der Waals surface area contributed by atoms with Crippen LogP contribution in [0.15, 0.2) is 48.5 Å². The SMILES string of the molecule is COc1cccc(N2CCN(C(=O)[C@@H]3COc4ccccc4O3)CC2=O)c1. The number of methoxy groups -OCH3 is 1. The van der Waals surface area contributed by atoms with Crippen LogP contribution in [-0.2, 0) is 9.59 Å². The van der Waals surface area contributed by atoms with Gasteiger partial charge in [0, 0.05) is 24.8 Å². The van der Waals surface area contributed by atoms with Gasteiger partial charge in [0.2, 0.25) is 12.0 Å². The molecule has 0 N–H and O–H groups in total. The van der Waals surface area contributed by atoms with E-state index in [-0.39, 0.29) is 25.0 Å². The van der Waals surface area contributed by atoms with Crippen molar-refractivity contribution < 1.29 is 23.8 Å². The first-order valence-corrected chi connectivity index (χ1v) is 8.77. The van der Waals surface area contributed by atoms with Gasteiger partial charge in [-0.25, -0.2) is 0 Å². The maximum Gasteiger partial charge on any atom is 0.267 e. The van der Waals surface area contributed by atoms with Crippen LogP contribution in [0.25, 0.3) is 0 Å². The summed E-state index contributed by atoms with van der Waals surface area (Å²) in [6.45, 7) is 1.00. The fraction of sp³-hybridized carbons (Fsp3) is 0.300. The fourth-order valence-electron chi connectivity index (χ4n) is 3.26. The first-order valence-electron chi connectivity index (χ1n) is 8.77. The summed E-state index contributed by atoms with van der Waals surface area (Å²) in [5, 5.41) is 0. The van der Waals surface area contributed by atoms with Crippen molar-refractivity contribution in [3.63, 3.8) is 0 Å². The molecule has 2 aliphatic heterocycles. The van der Waals surface area contributed by atoms with Gasteiger partial charge in [0.05, 0.1) is 7.11 Å². The summed E-state index contributed by atoms with van der Waals surface area (Å²) in [5.41, 5.74) is 0.762. The van der Waals surface area contributed by atoms with Crippen LogP contribution < -0.4 is 19.1 Å². The molecule has 0 saturated carbocycles. The second kappa shape index (κ2) is 7.19. The number of para-hydroxylation sites is 2. The largest absolute Gasteiger partial charge is 0.497 e. The molecule has 0 aliphatic carbocycles. The Labute approximate surface area is 157 Å².